The Kier molecular flexibility index (Phi) is 4.48. The molecule has 0 bridgehead atoms. The van der Waals surface area contributed by atoms with Crippen LogP contribution in [0.2, 0.25) is 0 Å². The van der Waals surface area contributed by atoms with Crippen LogP contribution < -0.4 is 5.32 Å². The largest absolute Gasteiger partial charge is 0.316 e. The summed E-state index contributed by atoms with van der Waals surface area (Å²) < 4.78 is 0. The van der Waals surface area contributed by atoms with Crippen molar-refractivity contribution in [2.75, 3.05) is 20.1 Å². The first-order valence-electron chi connectivity index (χ1n) is 7.58. The zero-order valence-electron chi connectivity index (χ0n) is 12.0. The average molecular weight is 238 g/mol. The molecule has 1 spiro atoms. The summed E-state index contributed by atoms with van der Waals surface area (Å²) in [5, 5.41) is 3.39. The maximum absolute atomic E-state index is 3.39. The predicted molar refractivity (Wildman–Crippen MR) is 74.3 cm³/mol. The fourth-order valence-electron chi connectivity index (χ4n) is 3.76. The molecule has 1 aliphatic heterocycles. The quantitative estimate of drug-likeness (QED) is 0.813. The van der Waals surface area contributed by atoms with Gasteiger partial charge in [-0.2, -0.15) is 0 Å². The van der Waals surface area contributed by atoms with Crippen molar-refractivity contribution in [3.8, 4) is 0 Å². The Balaban J connectivity index is 1.84. The standard InChI is InChI=1S/C15H30N2/c1-13(16-3)14(2)17-11-9-15(10-12-17)7-5-4-6-8-15/h13-14,16H,4-12H2,1-3H3. The van der Waals surface area contributed by atoms with Crippen molar-refractivity contribution in [3.63, 3.8) is 0 Å². The van der Waals surface area contributed by atoms with Gasteiger partial charge in [-0.3, -0.25) is 4.90 Å². The van der Waals surface area contributed by atoms with Crippen LogP contribution in [0, 0.1) is 5.41 Å². The monoisotopic (exact) mass is 238 g/mol. The number of hydrogen-bond donors (Lipinski definition) is 1. The first kappa shape index (κ1) is 13.4. The molecule has 2 atom stereocenters. The van der Waals surface area contributed by atoms with Gasteiger partial charge < -0.3 is 5.32 Å². The number of likely N-dealkylation sites (tertiary alicyclic amines) is 1. The molecule has 1 N–H and O–H groups in total. The number of hydrogen-bond acceptors (Lipinski definition) is 2. The molecule has 1 saturated carbocycles. The zero-order chi connectivity index (χ0) is 12.3. The van der Waals surface area contributed by atoms with E-state index >= 15 is 0 Å². The molecule has 2 nitrogen and oxygen atoms in total. The highest BCUT2D eigenvalue weighted by Gasteiger charge is 2.36. The van der Waals surface area contributed by atoms with E-state index in [0.29, 0.717) is 12.1 Å². The first-order valence-corrected chi connectivity index (χ1v) is 7.58. The lowest BCUT2D eigenvalue weighted by Crippen LogP contribution is -2.51. The Morgan fingerprint density at radius 2 is 1.53 bits per heavy atom. The number of likely N-dealkylation sites (N-methyl/N-ethyl adjacent to an activating group) is 1. The van der Waals surface area contributed by atoms with E-state index in [4.69, 9.17) is 0 Å². The SMILES string of the molecule is CNC(C)C(C)N1CCC2(CCCCC2)CC1. The normalized spacial score (nSPS) is 29.1. The van der Waals surface area contributed by atoms with Gasteiger partial charge in [0.25, 0.3) is 0 Å². The summed E-state index contributed by atoms with van der Waals surface area (Å²) in [7, 11) is 2.08. The lowest BCUT2D eigenvalue weighted by Gasteiger charge is -2.46. The van der Waals surface area contributed by atoms with Crippen molar-refractivity contribution in [1.82, 2.24) is 10.2 Å². The minimum atomic E-state index is 0.607. The molecule has 0 amide bonds. The third-order valence-corrected chi connectivity index (χ3v) is 5.53. The molecule has 2 heteroatoms. The molecule has 2 aliphatic rings. The molecule has 2 fully saturated rings. The third-order valence-electron chi connectivity index (χ3n) is 5.53. The third kappa shape index (κ3) is 3.03. The molecule has 100 valence electrons. The van der Waals surface area contributed by atoms with Crippen LogP contribution in [-0.2, 0) is 0 Å². The molecular weight excluding hydrogens is 208 g/mol. The second kappa shape index (κ2) is 5.71. The van der Waals surface area contributed by atoms with Gasteiger partial charge in [0.15, 0.2) is 0 Å². The van der Waals surface area contributed by atoms with Crippen LogP contribution in [0.1, 0.15) is 58.8 Å². The van der Waals surface area contributed by atoms with Crippen LogP contribution >= 0.6 is 0 Å². The molecule has 17 heavy (non-hydrogen) atoms. The van der Waals surface area contributed by atoms with Crippen molar-refractivity contribution in [3.05, 3.63) is 0 Å². The van der Waals surface area contributed by atoms with Crippen LogP contribution in [0.4, 0.5) is 0 Å². The smallest absolute Gasteiger partial charge is 0.0218 e. The number of nitrogens with one attached hydrogen (secondary N) is 1. The van der Waals surface area contributed by atoms with Crippen molar-refractivity contribution in [2.24, 2.45) is 5.41 Å². The molecule has 0 radical (unpaired) electrons. The summed E-state index contributed by atoms with van der Waals surface area (Å²) in [6.45, 7) is 7.33. The second-order valence-electron chi connectivity index (χ2n) is 6.41. The van der Waals surface area contributed by atoms with Gasteiger partial charge in [-0.25, -0.2) is 0 Å². The lowest BCUT2D eigenvalue weighted by molar-refractivity contribution is 0.0418. The molecule has 2 unspecified atom stereocenters. The molecule has 1 saturated heterocycles. The van der Waals surface area contributed by atoms with Gasteiger partial charge in [-0.15, -0.1) is 0 Å². The molecule has 0 aromatic rings. The molecular formula is C15H30N2. The van der Waals surface area contributed by atoms with Crippen LogP contribution in [0.25, 0.3) is 0 Å². The summed E-state index contributed by atoms with van der Waals surface area (Å²) in [4.78, 5) is 2.70. The van der Waals surface area contributed by atoms with E-state index < -0.39 is 0 Å². The van der Waals surface area contributed by atoms with Crippen molar-refractivity contribution in [1.29, 1.82) is 0 Å². The summed E-state index contributed by atoms with van der Waals surface area (Å²) in [6, 6.07) is 1.29. The maximum atomic E-state index is 3.39. The molecule has 1 aliphatic carbocycles. The van der Waals surface area contributed by atoms with Crippen molar-refractivity contribution < 1.29 is 0 Å². The van der Waals surface area contributed by atoms with E-state index in [1.54, 1.807) is 0 Å². The topological polar surface area (TPSA) is 15.3 Å². The van der Waals surface area contributed by atoms with Crippen LogP contribution in [0.3, 0.4) is 0 Å². The lowest BCUT2D eigenvalue weighted by atomic mass is 9.68. The Morgan fingerprint density at radius 3 is 2.06 bits per heavy atom. The number of nitrogens with zero attached hydrogens (tertiary/aromatic N) is 1. The molecule has 0 aromatic carbocycles. The fraction of sp³-hybridized carbons (Fsp3) is 1.00. The highest BCUT2D eigenvalue weighted by atomic mass is 15.2. The van der Waals surface area contributed by atoms with Gasteiger partial charge in [0, 0.05) is 12.1 Å². The summed E-state index contributed by atoms with van der Waals surface area (Å²) in [5.74, 6) is 0. The Labute approximate surface area is 107 Å². The van der Waals surface area contributed by atoms with Crippen LogP contribution in [-0.4, -0.2) is 37.1 Å². The molecule has 2 rings (SSSR count). The molecule has 1 heterocycles. The van der Waals surface area contributed by atoms with Gasteiger partial charge in [0.2, 0.25) is 0 Å². The Bertz CT molecular complexity index is 223. The van der Waals surface area contributed by atoms with Crippen LogP contribution in [0.5, 0.6) is 0 Å². The second-order valence-corrected chi connectivity index (χ2v) is 6.41. The average Bonchev–Trinajstić information content (AvgIpc) is 2.39. The minimum absolute atomic E-state index is 0.607. The van der Waals surface area contributed by atoms with Crippen LogP contribution in [0.15, 0.2) is 0 Å². The van der Waals surface area contributed by atoms with Gasteiger partial charge in [0.05, 0.1) is 0 Å². The number of rotatable bonds is 3. The summed E-state index contributed by atoms with van der Waals surface area (Å²) in [5.41, 5.74) is 0.747. The fourth-order valence-corrected chi connectivity index (χ4v) is 3.76. The van der Waals surface area contributed by atoms with Gasteiger partial charge in [-0.1, -0.05) is 19.3 Å². The first-order chi connectivity index (χ1) is 8.17. The predicted octanol–water partition coefficient (Wildman–Crippen LogP) is 3.03. The highest BCUT2D eigenvalue weighted by Crippen LogP contribution is 2.44. The van der Waals surface area contributed by atoms with Crippen molar-refractivity contribution >= 4 is 0 Å². The Morgan fingerprint density at radius 1 is 0.941 bits per heavy atom. The Hall–Kier alpha value is -0.0800. The van der Waals surface area contributed by atoms with Crippen molar-refractivity contribution in [2.45, 2.75) is 70.9 Å². The maximum Gasteiger partial charge on any atom is 0.0218 e. The van der Waals surface area contributed by atoms with Gasteiger partial charge >= 0.3 is 0 Å². The van der Waals surface area contributed by atoms with E-state index in [9.17, 15) is 0 Å². The van der Waals surface area contributed by atoms with E-state index in [0.717, 1.165) is 5.41 Å². The van der Waals surface area contributed by atoms with E-state index in [2.05, 4.69) is 31.1 Å². The van der Waals surface area contributed by atoms with E-state index in [1.165, 1.54) is 58.0 Å². The summed E-state index contributed by atoms with van der Waals surface area (Å²) >= 11 is 0. The van der Waals surface area contributed by atoms with E-state index in [1.807, 2.05) is 0 Å². The van der Waals surface area contributed by atoms with Gasteiger partial charge in [0.1, 0.15) is 0 Å². The number of piperidine rings is 1. The minimum Gasteiger partial charge on any atom is -0.316 e. The molecule has 0 aromatic heterocycles. The van der Waals surface area contributed by atoms with E-state index in [-0.39, 0.29) is 0 Å². The summed E-state index contributed by atoms with van der Waals surface area (Å²) in [6.07, 6.45) is 10.4. The zero-order valence-corrected chi connectivity index (χ0v) is 12.0. The highest BCUT2D eigenvalue weighted by molar-refractivity contribution is 4.90. The van der Waals surface area contributed by atoms with Gasteiger partial charge in [-0.05, 0) is 65.1 Å².